The van der Waals surface area contributed by atoms with Gasteiger partial charge in [0.2, 0.25) is 11.8 Å². The molecule has 1 spiro atoms. The van der Waals surface area contributed by atoms with E-state index in [1.54, 1.807) is 0 Å². The van der Waals surface area contributed by atoms with Gasteiger partial charge in [0.25, 0.3) is 0 Å². The number of piperidine rings is 3. The van der Waals surface area contributed by atoms with Gasteiger partial charge in [0.05, 0.1) is 17.6 Å². The van der Waals surface area contributed by atoms with Crippen LogP contribution in [0.5, 0.6) is 0 Å². The van der Waals surface area contributed by atoms with Crippen LogP contribution < -0.4 is 5.32 Å². The fraction of sp³-hybridized carbons (Fsp3) is 0.636. The summed E-state index contributed by atoms with van der Waals surface area (Å²) in [4.78, 5) is 30.1. The van der Waals surface area contributed by atoms with Crippen LogP contribution in [0.25, 0.3) is 0 Å². The van der Waals surface area contributed by atoms with E-state index in [0.29, 0.717) is 32.4 Å². The summed E-state index contributed by atoms with van der Waals surface area (Å²) in [5.41, 5.74) is 0.391. The number of nitrogens with zero attached hydrogens (tertiary/aromatic N) is 2. The second-order valence-corrected chi connectivity index (χ2v) is 8.82. The average molecular weight is 386 g/mol. The number of carbonyl (C=O) groups is 2. The molecule has 6 nitrogen and oxygen atoms in total. The van der Waals surface area contributed by atoms with Gasteiger partial charge in [-0.05, 0) is 57.8 Å². The lowest BCUT2D eigenvalue weighted by Crippen LogP contribution is -2.58. The first-order valence-corrected chi connectivity index (χ1v) is 10.5. The molecular formula is C22H31N3O3. The van der Waals surface area contributed by atoms with Crippen molar-refractivity contribution in [1.82, 2.24) is 15.1 Å². The van der Waals surface area contributed by atoms with E-state index in [1.165, 1.54) is 0 Å². The van der Waals surface area contributed by atoms with Gasteiger partial charge in [-0.25, -0.2) is 0 Å². The van der Waals surface area contributed by atoms with Crippen molar-refractivity contribution < 1.29 is 14.7 Å². The molecule has 6 heteroatoms. The van der Waals surface area contributed by atoms with Gasteiger partial charge in [0.15, 0.2) is 0 Å². The molecule has 3 aliphatic rings. The average Bonchev–Trinajstić information content (AvgIpc) is 2.72. The van der Waals surface area contributed by atoms with Crippen molar-refractivity contribution in [2.24, 2.45) is 11.3 Å². The molecule has 3 aliphatic heterocycles. The molecule has 2 N–H and O–H groups in total. The number of rotatable bonds is 2. The van der Waals surface area contributed by atoms with Gasteiger partial charge in [0.1, 0.15) is 0 Å². The van der Waals surface area contributed by atoms with Crippen LogP contribution in [0, 0.1) is 11.3 Å². The Morgan fingerprint density at radius 1 is 1.11 bits per heavy atom. The monoisotopic (exact) mass is 385 g/mol. The van der Waals surface area contributed by atoms with Crippen molar-refractivity contribution in [1.29, 1.82) is 0 Å². The number of hydrogen-bond acceptors (Lipinski definition) is 4. The molecule has 0 aromatic heterocycles. The van der Waals surface area contributed by atoms with Crippen LogP contribution in [0.15, 0.2) is 30.3 Å². The third-order valence-electron chi connectivity index (χ3n) is 7.01. The largest absolute Gasteiger partial charge is 0.391 e. The van der Waals surface area contributed by atoms with E-state index in [4.69, 9.17) is 0 Å². The maximum absolute atomic E-state index is 13.0. The Kier molecular flexibility index (Phi) is 5.43. The molecule has 4 rings (SSSR count). The summed E-state index contributed by atoms with van der Waals surface area (Å²) in [7, 11) is 2.10. The fourth-order valence-corrected chi connectivity index (χ4v) is 5.07. The molecule has 0 saturated carbocycles. The third-order valence-corrected chi connectivity index (χ3v) is 7.01. The number of carbonyl (C=O) groups excluding carboxylic acids is 2. The maximum Gasteiger partial charge on any atom is 0.227 e. The minimum Gasteiger partial charge on any atom is -0.391 e. The summed E-state index contributed by atoms with van der Waals surface area (Å²) in [6.45, 7) is 3.18. The number of aliphatic hydroxyl groups excluding tert-OH is 1. The molecule has 152 valence electrons. The molecular weight excluding hydrogens is 354 g/mol. The van der Waals surface area contributed by atoms with Crippen LogP contribution >= 0.6 is 0 Å². The Balaban J connectivity index is 1.37. The molecule has 0 unspecified atom stereocenters. The summed E-state index contributed by atoms with van der Waals surface area (Å²) < 4.78 is 0. The number of nitrogens with one attached hydrogen (secondary N) is 1. The highest BCUT2D eigenvalue weighted by Crippen LogP contribution is 2.43. The number of hydrogen-bond donors (Lipinski definition) is 2. The van der Waals surface area contributed by atoms with Crippen molar-refractivity contribution >= 4 is 11.8 Å². The highest BCUT2D eigenvalue weighted by atomic mass is 16.3. The van der Waals surface area contributed by atoms with Crippen LogP contribution in [-0.4, -0.2) is 66.1 Å². The summed E-state index contributed by atoms with van der Waals surface area (Å²) in [6.07, 6.45) is 2.99. The minimum absolute atomic E-state index is 0.0260. The molecule has 1 aromatic rings. The first-order chi connectivity index (χ1) is 13.5. The Labute approximate surface area is 166 Å². The van der Waals surface area contributed by atoms with Crippen molar-refractivity contribution in [3.05, 3.63) is 35.9 Å². The Morgan fingerprint density at radius 2 is 1.75 bits per heavy atom. The normalized spacial score (nSPS) is 28.9. The fourth-order valence-electron chi connectivity index (χ4n) is 5.07. The van der Waals surface area contributed by atoms with E-state index in [9.17, 15) is 14.7 Å². The van der Waals surface area contributed by atoms with Crippen molar-refractivity contribution in [3.8, 4) is 0 Å². The first-order valence-electron chi connectivity index (χ1n) is 10.5. The second kappa shape index (κ2) is 7.84. The summed E-state index contributed by atoms with van der Waals surface area (Å²) in [5.74, 6) is 0.401. The minimum atomic E-state index is -0.601. The quantitative estimate of drug-likeness (QED) is 0.810. The summed E-state index contributed by atoms with van der Waals surface area (Å²) >= 11 is 0. The lowest BCUT2D eigenvalue weighted by atomic mass is 9.69. The topological polar surface area (TPSA) is 72.9 Å². The molecule has 2 atom stereocenters. The first kappa shape index (κ1) is 19.4. The predicted molar refractivity (Wildman–Crippen MR) is 106 cm³/mol. The van der Waals surface area contributed by atoms with Gasteiger partial charge in [-0.1, -0.05) is 30.3 Å². The highest BCUT2D eigenvalue weighted by Gasteiger charge is 2.49. The molecule has 3 fully saturated rings. The molecule has 0 bridgehead atoms. The van der Waals surface area contributed by atoms with Crippen LogP contribution in [0.1, 0.15) is 43.7 Å². The second-order valence-electron chi connectivity index (χ2n) is 8.82. The van der Waals surface area contributed by atoms with Gasteiger partial charge in [-0.15, -0.1) is 0 Å². The van der Waals surface area contributed by atoms with Crippen LogP contribution in [0.4, 0.5) is 0 Å². The lowest BCUT2D eigenvalue weighted by molar-refractivity contribution is -0.150. The Hall–Kier alpha value is -1.92. The zero-order valence-electron chi connectivity index (χ0n) is 16.6. The lowest BCUT2D eigenvalue weighted by Gasteiger charge is -2.47. The van der Waals surface area contributed by atoms with Crippen LogP contribution in [0.3, 0.4) is 0 Å². The molecule has 0 aliphatic carbocycles. The van der Waals surface area contributed by atoms with Crippen molar-refractivity contribution in [3.63, 3.8) is 0 Å². The van der Waals surface area contributed by atoms with E-state index < -0.39 is 11.5 Å². The van der Waals surface area contributed by atoms with Gasteiger partial charge >= 0.3 is 0 Å². The Morgan fingerprint density at radius 3 is 2.39 bits per heavy atom. The summed E-state index contributed by atoms with van der Waals surface area (Å²) in [5, 5.41) is 13.8. The van der Waals surface area contributed by atoms with Gasteiger partial charge < -0.3 is 20.2 Å². The maximum atomic E-state index is 13.0. The van der Waals surface area contributed by atoms with E-state index in [2.05, 4.69) is 17.3 Å². The molecule has 2 amide bonds. The highest BCUT2D eigenvalue weighted by molar-refractivity contribution is 5.85. The Bertz CT molecular complexity index is 707. The van der Waals surface area contributed by atoms with Gasteiger partial charge in [-0.2, -0.15) is 0 Å². The summed E-state index contributed by atoms with van der Waals surface area (Å²) in [6, 6.07) is 9.30. The molecule has 1 aromatic carbocycles. The zero-order valence-corrected chi connectivity index (χ0v) is 16.6. The number of aliphatic hydroxyl groups is 1. The predicted octanol–water partition coefficient (Wildman–Crippen LogP) is 1.56. The standard InChI is InChI=1S/C22H31N3O3/c1-24-11-7-17(8-12-24)20(27)25-13-9-22(10-14-25)15-18(26)19(23-21(22)28)16-5-3-2-4-6-16/h2-6,17-19,26H,7-15H2,1H3,(H,23,28)/t18-,19+/m1/s1. The molecule has 3 heterocycles. The number of amides is 2. The van der Waals surface area contributed by atoms with Gasteiger partial charge in [-0.3, -0.25) is 9.59 Å². The van der Waals surface area contributed by atoms with Gasteiger partial charge in [0, 0.05) is 19.0 Å². The van der Waals surface area contributed by atoms with E-state index in [0.717, 1.165) is 31.5 Å². The SMILES string of the molecule is CN1CCC(C(=O)N2CCC3(CC2)C[C@@H](O)[C@H](c2ccccc2)NC3=O)CC1. The smallest absolute Gasteiger partial charge is 0.227 e. The zero-order chi connectivity index (χ0) is 19.7. The van der Waals surface area contributed by atoms with Crippen molar-refractivity contribution in [2.45, 2.75) is 44.2 Å². The number of likely N-dealkylation sites (tertiary alicyclic amines) is 2. The molecule has 28 heavy (non-hydrogen) atoms. The third kappa shape index (κ3) is 3.67. The van der Waals surface area contributed by atoms with Crippen LogP contribution in [-0.2, 0) is 9.59 Å². The molecule has 3 saturated heterocycles. The molecule has 0 radical (unpaired) electrons. The van der Waals surface area contributed by atoms with Crippen LogP contribution in [0.2, 0.25) is 0 Å². The van der Waals surface area contributed by atoms with E-state index in [-0.39, 0.29) is 23.8 Å². The van der Waals surface area contributed by atoms with E-state index >= 15 is 0 Å². The van der Waals surface area contributed by atoms with Crippen molar-refractivity contribution in [2.75, 3.05) is 33.2 Å². The van der Waals surface area contributed by atoms with E-state index in [1.807, 2.05) is 35.2 Å². The number of benzene rings is 1.